The van der Waals surface area contributed by atoms with E-state index >= 15 is 0 Å². The Labute approximate surface area is 198 Å². The Morgan fingerprint density at radius 2 is 1.77 bits per heavy atom. The summed E-state index contributed by atoms with van der Waals surface area (Å²) in [6.45, 7) is 0.670. The monoisotopic (exact) mass is 518 g/mol. The molecule has 0 aliphatic carbocycles. The number of hydrogen-bond acceptors (Lipinski definition) is 5. The molecule has 1 atom stereocenters. The number of Topliss-reactive ketones (excluding diaryl/α,β-unsaturated/α-hetero) is 1. The zero-order valence-corrected chi connectivity index (χ0v) is 20.0. The van der Waals surface area contributed by atoms with E-state index in [4.69, 9.17) is 11.6 Å². The summed E-state index contributed by atoms with van der Waals surface area (Å²) in [5.41, 5.74) is 1.27. The van der Waals surface area contributed by atoms with Crippen molar-refractivity contribution in [3.63, 3.8) is 0 Å². The van der Waals surface area contributed by atoms with E-state index in [0.717, 1.165) is 23.1 Å². The van der Waals surface area contributed by atoms with Crippen LogP contribution in [0.5, 0.6) is 0 Å². The molecule has 2 heterocycles. The van der Waals surface area contributed by atoms with Crippen LogP contribution in [0.2, 0.25) is 5.02 Å². The molecule has 31 heavy (non-hydrogen) atoms. The fourth-order valence-electron chi connectivity index (χ4n) is 3.63. The van der Waals surface area contributed by atoms with E-state index in [0.29, 0.717) is 27.9 Å². The van der Waals surface area contributed by atoms with Gasteiger partial charge in [-0.2, -0.15) is 0 Å². The molecule has 9 heteroatoms. The fraction of sp³-hybridized carbons (Fsp3) is 0.273. The first-order chi connectivity index (χ1) is 14.9. The number of aromatic nitrogens is 3. The van der Waals surface area contributed by atoms with Gasteiger partial charge in [0.1, 0.15) is 0 Å². The van der Waals surface area contributed by atoms with Gasteiger partial charge < -0.3 is 9.47 Å². The zero-order chi connectivity index (χ0) is 22.0. The molecule has 0 N–H and O–H groups in total. The standard InChI is InChI=1S/C22H20BrClN4O2S/c1-27-20(18-3-2-12-28(18)21(30)15-6-10-17(24)11-7-15)25-26-22(27)31-13-19(29)14-4-8-16(23)9-5-14/h4-11,18H,2-3,12-13H2,1H3. The fourth-order valence-corrected chi connectivity index (χ4v) is 4.83. The molecule has 0 radical (unpaired) electrons. The van der Waals surface area contributed by atoms with Crippen LogP contribution < -0.4 is 0 Å². The molecule has 0 saturated carbocycles. The number of carbonyl (C=O) groups excluding carboxylic acids is 2. The van der Waals surface area contributed by atoms with Crippen LogP contribution in [0, 0.1) is 0 Å². The van der Waals surface area contributed by atoms with Crippen molar-refractivity contribution in [2.45, 2.75) is 24.0 Å². The predicted octanol–water partition coefficient (Wildman–Crippen LogP) is 5.18. The summed E-state index contributed by atoms with van der Waals surface area (Å²) in [6, 6.07) is 14.1. The molecule has 3 aromatic rings. The van der Waals surface area contributed by atoms with Gasteiger partial charge in [0.15, 0.2) is 16.8 Å². The van der Waals surface area contributed by atoms with Gasteiger partial charge in [-0.15, -0.1) is 10.2 Å². The van der Waals surface area contributed by atoms with Crippen LogP contribution in [0.1, 0.15) is 45.4 Å². The van der Waals surface area contributed by atoms with E-state index in [9.17, 15) is 9.59 Å². The lowest BCUT2D eigenvalue weighted by atomic mass is 10.1. The first-order valence-electron chi connectivity index (χ1n) is 9.81. The highest BCUT2D eigenvalue weighted by Gasteiger charge is 2.34. The molecule has 1 aliphatic heterocycles. The molecule has 4 rings (SSSR count). The predicted molar refractivity (Wildman–Crippen MR) is 125 cm³/mol. The molecule has 6 nitrogen and oxygen atoms in total. The minimum absolute atomic E-state index is 0.0301. The number of likely N-dealkylation sites (tertiary alicyclic amines) is 1. The van der Waals surface area contributed by atoms with E-state index in [1.54, 1.807) is 36.4 Å². The third kappa shape index (κ3) is 4.86. The highest BCUT2D eigenvalue weighted by Crippen LogP contribution is 2.33. The highest BCUT2D eigenvalue weighted by molar-refractivity contribution is 9.10. The Bertz CT molecular complexity index is 1100. The third-order valence-corrected chi connectivity index (χ3v) is 7.07. The molecule has 1 amide bonds. The number of thioether (sulfide) groups is 1. The summed E-state index contributed by atoms with van der Waals surface area (Å²) >= 11 is 10.7. The van der Waals surface area contributed by atoms with Crippen LogP contribution in [0.15, 0.2) is 58.2 Å². The highest BCUT2D eigenvalue weighted by atomic mass is 79.9. The first-order valence-corrected chi connectivity index (χ1v) is 12.0. The molecular formula is C22H20BrClN4O2S. The van der Waals surface area contributed by atoms with Crippen LogP contribution >= 0.6 is 39.3 Å². The quantitative estimate of drug-likeness (QED) is 0.331. The Kier molecular flexibility index (Phi) is 6.79. The third-order valence-electron chi connectivity index (χ3n) is 5.27. The number of carbonyl (C=O) groups is 2. The van der Waals surface area contributed by atoms with Crippen LogP contribution in [0.25, 0.3) is 0 Å². The molecule has 1 saturated heterocycles. The Balaban J connectivity index is 1.46. The lowest BCUT2D eigenvalue weighted by Crippen LogP contribution is -2.31. The maximum absolute atomic E-state index is 13.0. The Morgan fingerprint density at radius 1 is 1.10 bits per heavy atom. The number of ketones is 1. The van der Waals surface area contributed by atoms with Crippen molar-refractivity contribution >= 4 is 51.0 Å². The smallest absolute Gasteiger partial charge is 0.254 e. The summed E-state index contributed by atoms with van der Waals surface area (Å²) in [4.78, 5) is 27.3. The van der Waals surface area contributed by atoms with Crippen LogP contribution in [0.3, 0.4) is 0 Å². The number of amides is 1. The topological polar surface area (TPSA) is 68.1 Å². The van der Waals surface area contributed by atoms with E-state index in [2.05, 4.69) is 26.1 Å². The lowest BCUT2D eigenvalue weighted by molar-refractivity contribution is 0.0727. The summed E-state index contributed by atoms with van der Waals surface area (Å²) in [5.74, 6) is 0.994. The number of hydrogen-bond donors (Lipinski definition) is 0. The van der Waals surface area contributed by atoms with Crippen molar-refractivity contribution in [3.8, 4) is 0 Å². The largest absolute Gasteiger partial charge is 0.328 e. The second kappa shape index (κ2) is 9.54. The molecule has 0 bridgehead atoms. The molecule has 1 unspecified atom stereocenters. The van der Waals surface area contributed by atoms with E-state index < -0.39 is 0 Å². The van der Waals surface area contributed by atoms with E-state index in [-0.39, 0.29) is 23.5 Å². The van der Waals surface area contributed by atoms with Crippen molar-refractivity contribution in [1.82, 2.24) is 19.7 Å². The molecule has 1 aliphatic rings. The van der Waals surface area contributed by atoms with Crippen molar-refractivity contribution in [2.75, 3.05) is 12.3 Å². The van der Waals surface area contributed by atoms with Gasteiger partial charge in [-0.05, 0) is 49.2 Å². The molecule has 1 fully saturated rings. The number of halogens is 2. The van der Waals surface area contributed by atoms with Gasteiger partial charge in [0.05, 0.1) is 11.8 Å². The van der Waals surface area contributed by atoms with Gasteiger partial charge in [0.2, 0.25) is 0 Å². The Hall–Kier alpha value is -2.16. The van der Waals surface area contributed by atoms with Gasteiger partial charge >= 0.3 is 0 Å². The average molecular weight is 520 g/mol. The van der Waals surface area contributed by atoms with E-state index in [1.807, 2.05) is 28.6 Å². The minimum atomic E-state index is -0.141. The molecule has 0 spiro atoms. The summed E-state index contributed by atoms with van der Waals surface area (Å²) in [6.07, 6.45) is 1.73. The summed E-state index contributed by atoms with van der Waals surface area (Å²) in [7, 11) is 1.88. The lowest BCUT2D eigenvalue weighted by Gasteiger charge is -2.24. The molecule has 1 aromatic heterocycles. The van der Waals surface area contributed by atoms with Gasteiger partial charge in [0, 0.05) is 34.2 Å². The summed E-state index contributed by atoms with van der Waals surface area (Å²) < 4.78 is 2.82. The maximum atomic E-state index is 13.0. The first kappa shape index (κ1) is 22.0. The number of nitrogens with zero attached hydrogens (tertiary/aromatic N) is 4. The zero-order valence-electron chi connectivity index (χ0n) is 16.8. The van der Waals surface area contributed by atoms with Crippen molar-refractivity contribution in [3.05, 3.63) is 75.0 Å². The SMILES string of the molecule is Cn1c(SCC(=O)c2ccc(Br)cc2)nnc1C1CCCN1C(=O)c1ccc(Cl)cc1. The van der Waals surface area contributed by atoms with Crippen LogP contribution in [0.4, 0.5) is 0 Å². The van der Waals surface area contributed by atoms with Gasteiger partial charge in [0.25, 0.3) is 5.91 Å². The van der Waals surface area contributed by atoms with Gasteiger partial charge in [-0.1, -0.05) is 51.4 Å². The maximum Gasteiger partial charge on any atom is 0.254 e. The van der Waals surface area contributed by atoms with Crippen LogP contribution in [-0.4, -0.2) is 43.7 Å². The van der Waals surface area contributed by atoms with Crippen LogP contribution in [-0.2, 0) is 7.05 Å². The summed E-state index contributed by atoms with van der Waals surface area (Å²) in [5, 5.41) is 9.90. The molecule has 160 valence electrons. The van der Waals surface area contributed by atoms with E-state index in [1.165, 1.54) is 11.8 Å². The van der Waals surface area contributed by atoms with Crippen molar-refractivity contribution in [1.29, 1.82) is 0 Å². The van der Waals surface area contributed by atoms with Gasteiger partial charge in [-0.25, -0.2) is 0 Å². The molecule has 2 aromatic carbocycles. The normalized spacial score (nSPS) is 16.0. The van der Waals surface area contributed by atoms with Gasteiger partial charge in [-0.3, -0.25) is 9.59 Å². The van der Waals surface area contributed by atoms with Crippen molar-refractivity contribution in [2.24, 2.45) is 7.05 Å². The average Bonchev–Trinajstić information content (AvgIpc) is 3.39. The van der Waals surface area contributed by atoms with Crippen molar-refractivity contribution < 1.29 is 9.59 Å². The number of benzene rings is 2. The Morgan fingerprint density at radius 3 is 2.48 bits per heavy atom. The molecular weight excluding hydrogens is 500 g/mol. The second-order valence-electron chi connectivity index (χ2n) is 7.28. The second-order valence-corrected chi connectivity index (χ2v) is 9.58. The minimum Gasteiger partial charge on any atom is -0.328 e. The number of rotatable bonds is 6.